The number of anilines is 1. The molecule has 2 N–H and O–H groups in total. The summed E-state index contributed by atoms with van der Waals surface area (Å²) in [6.45, 7) is 4.22. The van der Waals surface area contributed by atoms with Crippen molar-refractivity contribution in [3.8, 4) is 17.1 Å². The number of hydrogen-bond donors (Lipinski definition) is 2. The predicted octanol–water partition coefficient (Wildman–Crippen LogP) is 4.93. The number of fused-ring (bicyclic) bond motifs is 2. The number of aromatic nitrogens is 2. The zero-order chi connectivity index (χ0) is 20.7. The van der Waals surface area contributed by atoms with Crippen LogP contribution in [0, 0.1) is 0 Å². The Morgan fingerprint density at radius 1 is 1.10 bits per heavy atom. The number of H-pyrrole nitrogens is 1. The molecule has 0 aliphatic rings. The van der Waals surface area contributed by atoms with Gasteiger partial charge in [-0.05, 0) is 62.4 Å². The maximum absolute atomic E-state index is 11.4. The van der Waals surface area contributed by atoms with Gasteiger partial charge in [-0.3, -0.25) is 0 Å². The van der Waals surface area contributed by atoms with Crippen molar-refractivity contribution in [3.05, 3.63) is 54.1 Å². The molecule has 2 aromatic carbocycles. The Balaban J connectivity index is 1.95. The number of benzene rings is 2. The Bertz CT molecular complexity index is 1230. The van der Waals surface area contributed by atoms with Crippen LogP contribution in [0.25, 0.3) is 33.2 Å². The molecule has 4 aromatic rings. The van der Waals surface area contributed by atoms with Crippen LogP contribution in [0.4, 0.5) is 5.69 Å². The fourth-order valence-corrected chi connectivity index (χ4v) is 3.41. The summed E-state index contributed by atoms with van der Waals surface area (Å²) >= 11 is 0. The van der Waals surface area contributed by atoms with Gasteiger partial charge in [0.25, 0.3) is 0 Å². The number of aromatic amines is 1. The van der Waals surface area contributed by atoms with E-state index in [0.717, 1.165) is 44.6 Å². The molecule has 4 rings (SSSR count). The van der Waals surface area contributed by atoms with E-state index in [4.69, 9.17) is 9.72 Å². The summed E-state index contributed by atoms with van der Waals surface area (Å²) in [6.07, 6.45) is 0. The average Bonchev–Trinajstić information content (AvgIpc) is 3.14. The van der Waals surface area contributed by atoms with E-state index in [1.165, 1.54) is 0 Å². The minimum Gasteiger partial charge on any atom is -0.497 e. The largest absolute Gasteiger partial charge is 0.497 e. The maximum atomic E-state index is 11.4. The third-order valence-electron chi connectivity index (χ3n) is 5.28. The summed E-state index contributed by atoms with van der Waals surface area (Å²) in [5.74, 6) is -0.144. The highest BCUT2D eigenvalue weighted by atomic mass is 16.5. The fraction of sp³-hybridized carbons (Fsp3) is 0.217. The molecule has 0 aliphatic heterocycles. The Morgan fingerprint density at radius 3 is 2.59 bits per heavy atom. The predicted molar refractivity (Wildman–Crippen MR) is 116 cm³/mol. The first-order chi connectivity index (χ1) is 13.9. The average molecular weight is 389 g/mol. The van der Waals surface area contributed by atoms with Gasteiger partial charge in [0.1, 0.15) is 11.4 Å². The van der Waals surface area contributed by atoms with Gasteiger partial charge in [-0.25, -0.2) is 9.78 Å². The highest BCUT2D eigenvalue weighted by Gasteiger charge is 2.18. The van der Waals surface area contributed by atoms with Crippen molar-refractivity contribution in [3.63, 3.8) is 0 Å². The first-order valence-electron chi connectivity index (χ1n) is 9.45. The highest BCUT2D eigenvalue weighted by molar-refractivity contribution is 5.97. The molecular formula is C23H23N3O3. The topological polar surface area (TPSA) is 78.4 Å². The standard InChI is InChI=1S/C23H23N3O3/c1-13(2)26(3)21-12-15-9-14(23(27)28)5-7-19(15)25-22(21)20-11-16-10-17(29-4)6-8-18(16)24-20/h5-13,24H,1-4H3,(H,27,28). The molecule has 0 saturated heterocycles. The molecule has 29 heavy (non-hydrogen) atoms. The van der Waals surface area contributed by atoms with E-state index in [2.05, 4.69) is 29.8 Å². The molecule has 0 radical (unpaired) electrons. The van der Waals surface area contributed by atoms with Gasteiger partial charge >= 0.3 is 5.97 Å². The second-order valence-electron chi connectivity index (χ2n) is 7.41. The van der Waals surface area contributed by atoms with Crippen molar-refractivity contribution in [2.24, 2.45) is 0 Å². The van der Waals surface area contributed by atoms with E-state index in [9.17, 15) is 9.90 Å². The van der Waals surface area contributed by atoms with Crippen LogP contribution in [-0.4, -0.2) is 41.2 Å². The van der Waals surface area contributed by atoms with Crippen molar-refractivity contribution in [1.29, 1.82) is 0 Å². The lowest BCUT2D eigenvalue weighted by molar-refractivity contribution is 0.0697. The Morgan fingerprint density at radius 2 is 1.90 bits per heavy atom. The number of pyridine rings is 1. The first-order valence-corrected chi connectivity index (χ1v) is 9.45. The van der Waals surface area contributed by atoms with E-state index in [1.54, 1.807) is 25.3 Å². The Labute approximate surface area is 168 Å². The van der Waals surface area contributed by atoms with Crippen molar-refractivity contribution in [1.82, 2.24) is 9.97 Å². The second kappa shape index (κ2) is 7.13. The number of hydrogen-bond acceptors (Lipinski definition) is 4. The molecule has 148 valence electrons. The molecule has 0 fully saturated rings. The molecule has 0 saturated carbocycles. The Hall–Kier alpha value is -3.54. The van der Waals surface area contributed by atoms with Crippen LogP contribution in [0.15, 0.2) is 48.5 Å². The lowest BCUT2D eigenvalue weighted by Gasteiger charge is -2.26. The molecule has 0 amide bonds. The van der Waals surface area contributed by atoms with Crippen LogP contribution in [-0.2, 0) is 0 Å². The number of nitrogens with one attached hydrogen (secondary N) is 1. The van der Waals surface area contributed by atoms with Gasteiger partial charge in [0, 0.05) is 29.4 Å². The molecule has 0 atom stereocenters. The minimum atomic E-state index is -0.945. The molecule has 0 bridgehead atoms. The third kappa shape index (κ3) is 3.38. The number of aromatic carboxylic acids is 1. The number of ether oxygens (including phenoxy) is 1. The molecule has 0 aliphatic carbocycles. The molecule has 2 aromatic heterocycles. The fourth-order valence-electron chi connectivity index (χ4n) is 3.41. The first kappa shape index (κ1) is 18.8. The molecule has 2 heterocycles. The lowest BCUT2D eigenvalue weighted by atomic mass is 10.1. The summed E-state index contributed by atoms with van der Waals surface area (Å²) in [4.78, 5) is 21.8. The van der Waals surface area contributed by atoms with Crippen LogP contribution in [0.2, 0.25) is 0 Å². The Kier molecular flexibility index (Phi) is 4.62. The number of carbonyl (C=O) groups is 1. The van der Waals surface area contributed by atoms with E-state index < -0.39 is 5.97 Å². The summed E-state index contributed by atoms with van der Waals surface area (Å²) in [5, 5.41) is 11.2. The number of rotatable bonds is 5. The van der Waals surface area contributed by atoms with Gasteiger partial charge in [0.15, 0.2) is 0 Å². The van der Waals surface area contributed by atoms with Gasteiger partial charge < -0.3 is 19.7 Å². The molecule has 0 spiro atoms. The normalized spacial score (nSPS) is 11.3. The molecule has 6 heteroatoms. The number of nitrogens with zero attached hydrogens (tertiary/aromatic N) is 2. The number of carboxylic acid groups (broad SMARTS) is 1. The van der Waals surface area contributed by atoms with Gasteiger partial charge in [-0.1, -0.05) is 0 Å². The summed E-state index contributed by atoms with van der Waals surface area (Å²) in [7, 11) is 3.67. The SMILES string of the molecule is COc1ccc2[nH]c(-c3nc4ccc(C(=O)O)cc4cc3N(C)C(C)C)cc2c1. The number of carboxylic acids is 1. The van der Waals surface area contributed by atoms with Crippen LogP contribution in [0.3, 0.4) is 0 Å². The van der Waals surface area contributed by atoms with Crippen LogP contribution >= 0.6 is 0 Å². The monoisotopic (exact) mass is 389 g/mol. The van der Waals surface area contributed by atoms with Crippen molar-refractivity contribution >= 4 is 33.5 Å². The van der Waals surface area contributed by atoms with Crippen LogP contribution in [0.5, 0.6) is 5.75 Å². The third-order valence-corrected chi connectivity index (χ3v) is 5.28. The number of methoxy groups -OCH3 is 1. The summed E-state index contributed by atoms with van der Waals surface area (Å²) < 4.78 is 5.33. The van der Waals surface area contributed by atoms with E-state index in [0.29, 0.717) is 0 Å². The van der Waals surface area contributed by atoms with Crippen molar-refractivity contribution in [2.75, 3.05) is 19.1 Å². The maximum Gasteiger partial charge on any atom is 0.335 e. The minimum absolute atomic E-state index is 0.250. The highest BCUT2D eigenvalue weighted by Crippen LogP contribution is 2.35. The zero-order valence-electron chi connectivity index (χ0n) is 16.9. The van der Waals surface area contributed by atoms with Gasteiger partial charge in [-0.15, -0.1) is 0 Å². The molecule has 6 nitrogen and oxygen atoms in total. The van der Waals surface area contributed by atoms with E-state index >= 15 is 0 Å². The van der Waals surface area contributed by atoms with Gasteiger partial charge in [0.05, 0.1) is 29.6 Å². The van der Waals surface area contributed by atoms with Crippen LogP contribution < -0.4 is 9.64 Å². The smallest absolute Gasteiger partial charge is 0.335 e. The van der Waals surface area contributed by atoms with Gasteiger partial charge in [0.2, 0.25) is 0 Å². The molecule has 0 unspecified atom stereocenters. The lowest BCUT2D eigenvalue weighted by Crippen LogP contribution is -2.26. The van der Waals surface area contributed by atoms with E-state index in [1.807, 2.05) is 31.3 Å². The van der Waals surface area contributed by atoms with Crippen LogP contribution in [0.1, 0.15) is 24.2 Å². The summed E-state index contributed by atoms with van der Waals surface area (Å²) in [5.41, 5.74) is 4.67. The zero-order valence-corrected chi connectivity index (χ0v) is 16.9. The molecular weight excluding hydrogens is 366 g/mol. The quantitative estimate of drug-likeness (QED) is 0.506. The second-order valence-corrected chi connectivity index (χ2v) is 7.41. The van der Waals surface area contributed by atoms with Gasteiger partial charge in [-0.2, -0.15) is 0 Å². The van der Waals surface area contributed by atoms with E-state index in [-0.39, 0.29) is 11.6 Å². The van der Waals surface area contributed by atoms with Crippen molar-refractivity contribution in [2.45, 2.75) is 19.9 Å². The van der Waals surface area contributed by atoms with Crippen molar-refractivity contribution < 1.29 is 14.6 Å². The summed E-state index contributed by atoms with van der Waals surface area (Å²) in [6, 6.07) is 15.2.